The Kier molecular flexibility index (Phi) is 10.1. The van der Waals surface area contributed by atoms with Crippen molar-refractivity contribution in [3.8, 4) is 22.6 Å². The van der Waals surface area contributed by atoms with Gasteiger partial charge in [-0.1, -0.05) is 59.6 Å². The van der Waals surface area contributed by atoms with Gasteiger partial charge < -0.3 is 10.1 Å². The highest BCUT2D eigenvalue weighted by Gasteiger charge is 2.31. The first-order chi connectivity index (χ1) is 20.7. The molecule has 1 saturated heterocycles. The highest BCUT2D eigenvalue weighted by molar-refractivity contribution is 7.99. The fraction of sp³-hybridized carbons (Fsp3) is 0.310. The van der Waals surface area contributed by atoms with E-state index in [0.29, 0.717) is 17.3 Å². The van der Waals surface area contributed by atoms with Crippen LogP contribution in [0.5, 0.6) is 5.75 Å². The average molecular weight is 652 g/mol. The standard InChI is InChI=1S/C29H27Cl2F3N6O2S/c30-23-10-7-21(29(32,33)34)17-26(23)40-28(36-37-38-40)43-18-27(41)35-25-11-6-20(16-24(25)31)19-4-8-22(9-5-19)42-15-14-39-12-2-1-3-13-39/h4-11,16-17H,1-3,12-15,18H2,(H,35,41). The molecule has 43 heavy (non-hydrogen) atoms. The molecule has 4 aromatic rings. The molecule has 14 heteroatoms. The van der Waals surface area contributed by atoms with Crippen molar-refractivity contribution in [1.82, 2.24) is 25.1 Å². The third kappa shape index (κ3) is 8.20. The van der Waals surface area contributed by atoms with Crippen molar-refractivity contribution in [2.24, 2.45) is 0 Å². The number of nitrogens with zero attached hydrogens (tertiary/aromatic N) is 5. The minimum absolute atomic E-state index is 0.0218. The van der Waals surface area contributed by atoms with Crippen LogP contribution in [0.2, 0.25) is 10.0 Å². The second-order valence-electron chi connectivity index (χ2n) is 9.84. The molecule has 2 heterocycles. The molecule has 5 rings (SSSR count). The number of tetrazole rings is 1. The summed E-state index contributed by atoms with van der Waals surface area (Å²) in [5.74, 6) is 0.263. The van der Waals surface area contributed by atoms with Crippen molar-refractivity contribution < 1.29 is 22.7 Å². The number of amides is 1. The number of carbonyl (C=O) groups excluding carboxylic acids is 1. The number of likely N-dealkylation sites (tertiary alicyclic amines) is 1. The maximum absolute atomic E-state index is 13.2. The maximum atomic E-state index is 13.2. The lowest BCUT2D eigenvalue weighted by Crippen LogP contribution is -2.33. The molecule has 0 bridgehead atoms. The first-order valence-electron chi connectivity index (χ1n) is 13.5. The Balaban J connectivity index is 1.16. The van der Waals surface area contributed by atoms with Gasteiger partial charge in [-0.05, 0) is 89.9 Å². The Labute approximate surface area is 260 Å². The first-order valence-corrected chi connectivity index (χ1v) is 15.2. The van der Waals surface area contributed by atoms with Crippen molar-refractivity contribution in [3.05, 3.63) is 76.3 Å². The molecule has 1 aliphatic heterocycles. The van der Waals surface area contributed by atoms with Gasteiger partial charge in [0.2, 0.25) is 11.1 Å². The Morgan fingerprint density at radius 2 is 1.70 bits per heavy atom. The Hall–Kier alpha value is -3.32. The zero-order valence-corrected chi connectivity index (χ0v) is 25.1. The number of thioether (sulfide) groups is 1. The molecule has 3 aromatic carbocycles. The average Bonchev–Trinajstić information content (AvgIpc) is 3.46. The number of ether oxygens (including phenoxy) is 1. The molecule has 0 unspecified atom stereocenters. The van der Waals surface area contributed by atoms with E-state index in [1.165, 1.54) is 19.3 Å². The SMILES string of the molecule is O=C(CSc1nnnn1-c1cc(C(F)(F)F)ccc1Cl)Nc1ccc(-c2ccc(OCCN3CCCCC3)cc2)cc1Cl. The van der Waals surface area contributed by atoms with E-state index in [0.717, 1.165) is 71.2 Å². The molecule has 0 saturated carbocycles. The van der Waals surface area contributed by atoms with Crippen molar-refractivity contribution in [2.45, 2.75) is 30.6 Å². The molecule has 226 valence electrons. The summed E-state index contributed by atoms with van der Waals surface area (Å²) in [6.45, 7) is 3.84. The van der Waals surface area contributed by atoms with Gasteiger partial charge in [0.1, 0.15) is 12.4 Å². The predicted molar refractivity (Wildman–Crippen MR) is 161 cm³/mol. The summed E-state index contributed by atoms with van der Waals surface area (Å²) < 4.78 is 46.5. The molecular weight excluding hydrogens is 624 g/mol. The molecule has 1 fully saturated rings. The van der Waals surface area contributed by atoms with Crippen molar-refractivity contribution in [2.75, 3.05) is 37.3 Å². The number of aromatic nitrogens is 4. The topological polar surface area (TPSA) is 85.2 Å². The third-order valence-corrected chi connectivity index (χ3v) is 8.38. The molecule has 0 spiro atoms. The summed E-state index contributed by atoms with van der Waals surface area (Å²) in [7, 11) is 0. The monoisotopic (exact) mass is 650 g/mol. The van der Waals surface area contributed by atoms with Crippen LogP contribution in [0.4, 0.5) is 18.9 Å². The largest absolute Gasteiger partial charge is 0.492 e. The number of rotatable bonds is 10. The van der Waals surface area contributed by atoms with E-state index < -0.39 is 17.6 Å². The minimum atomic E-state index is -4.57. The normalized spacial score (nSPS) is 14.1. The fourth-order valence-corrected chi connectivity index (χ4v) is 5.71. The molecule has 1 N–H and O–H groups in total. The number of alkyl halides is 3. The molecule has 8 nitrogen and oxygen atoms in total. The van der Waals surface area contributed by atoms with Gasteiger partial charge in [-0.25, -0.2) is 0 Å². The molecule has 0 radical (unpaired) electrons. The summed E-state index contributed by atoms with van der Waals surface area (Å²) in [6.07, 6.45) is -0.756. The lowest BCUT2D eigenvalue weighted by Gasteiger charge is -2.26. The minimum Gasteiger partial charge on any atom is -0.492 e. The van der Waals surface area contributed by atoms with Crippen LogP contribution >= 0.6 is 35.0 Å². The van der Waals surface area contributed by atoms with E-state index in [2.05, 4.69) is 25.7 Å². The summed E-state index contributed by atoms with van der Waals surface area (Å²) in [4.78, 5) is 15.1. The molecule has 1 amide bonds. The van der Waals surface area contributed by atoms with Crippen LogP contribution in [0.25, 0.3) is 16.8 Å². The van der Waals surface area contributed by atoms with Crippen LogP contribution < -0.4 is 10.1 Å². The van der Waals surface area contributed by atoms with Crippen molar-refractivity contribution in [1.29, 1.82) is 0 Å². The van der Waals surface area contributed by atoms with Gasteiger partial charge in [0, 0.05) is 6.54 Å². The van der Waals surface area contributed by atoms with Gasteiger partial charge >= 0.3 is 6.18 Å². The number of hydrogen-bond acceptors (Lipinski definition) is 7. The fourth-order valence-electron chi connectivity index (χ4n) is 4.60. The van der Waals surface area contributed by atoms with E-state index in [-0.39, 0.29) is 21.6 Å². The predicted octanol–water partition coefficient (Wildman–Crippen LogP) is 7.25. The highest BCUT2D eigenvalue weighted by atomic mass is 35.5. The van der Waals surface area contributed by atoms with Crippen LogP contribution in [0.15, 0.2) is 65.8 Å². The van der Waals surface area contributed by atoms with E-state index in [4.69, 9.17) is 27.9 Å². The van der Waals surface area contributed by atoms with Crippen LogP contribution in [0, 0.1) is 0 Å². The van der Waals surface area contributed by atoms with Crippen molar-refractivity contribution in [3.63, 3.8) is 0 Å². The Bertz CT molecular complexity index is 1560. The van der Waals surface area contributed by atoms with Crippen LogP contribution in [0.1, 0.15) is 24.8 Å². The summed E-state index contributed by atoms with van der Waals surface area (Å²) in [5, 5.41) is 14.3. The first kappa shape index (κ1) is 31.1. The van der Waals surface area contributed by atoms with Gasteiger partial charge in [0.05, 0.1) is 32.7 Å². The lowest BCUT2D eigenvalue weighted by molar-refractivity contribution is -0.137. The van der Waals surface area contributed by atoms with Crippen LogP contribution in [-0.2, 0) is 11.0 Å². The third-order valence-electron chi connectivity index (χ3n) is 6.83. The summed E-state index contributed by atoms with van der Waals surface area (Å²) in [6, 6.07) is 15.9. The number of carbonyl (C=O) groups is 1. The Morgan fingerprint density at radius 3 is 2.42 bits per heavy atom. The number of anilines is 1. The molecular formula is C29H27Cl2F3N6O2S. The quantitative estimate of drug-likeness (QED) is 0.181. The molecule has 0 atom stereocenters. The zero-order valence-electron chi connectivity index (χ0n) is 22.8. The number of benzene rings is 3. The Morgan fingerprint density at radius 1 is 0.953 bits per heavy atom. The van der Waals surface area contributed by atoms with Gasteiger partial charge in [0.15, 0.2) is 0 Å². The zero-order chi connectivity index (χ0) is 30.4. The lowest BCUT2D eigenvalue weighted by atomic mass is 10.1. The van der Waals surface area contributed by atoms with E-state index in [9.17, 15) is 18.0 Å². The number of nitrogens with one attached hydrogen (secondary N) is 1. The number of halogens is 5. The van der Waals surface area contributed by atoms with E-state index >= 15 is 0 Å². The van der Waals surface area contributed by atoms with E-state index in [1.807, 2.05) is 30.3 Å². The highest BCUT2D eigenvalue weighted by Crippen LogP contribution is 2.34. The summed E-state index contributed by atoms with van der Waals surface area (Å²) >= 11 is 13.5. The van der Waals surface area contributed by atoms with E-state index in [1.54, 1.807) is 12.1 Å². The van der Waals surface area contributed by atoms with Gasteiger partial charge in [0.25, 0.3) is 0 Å². The smallest absolute Gasteiger partial charge is 0.416 e. The van der Waals surface area contributed by atoms with Gasteiger partial charge in [-0.2, -0.15) is 17.9 Å². The van der Waals surface area contributed by atoms with Crippen LogP contribution in [-0.4, -0.2) is 63.0 Å². The second-order valence-corrected chi connectivity index (χ2v) is 11.6. The van der Waals surface area contributed by atoms with Crippen molar-refractivity contribution >= 4 is 46.6 Å². The van der Waals surface area contributed by atoms with Gasteiger partial charge in [-0.3, -0.25) is 9.69 Å². The second kappa shape index (κ2) is 14.0. The number of hydrogen-bond donors (Lipinski definition) is 1. The number of piperidine rings is 1. The summed E-state index contributed by atoms with van der Waals surface area (Å²) in [5.41, 5.74) is 1.27. The maximum Gasteiger partial charge on any atom is 0.416 e. The van der Waals surface area contributed by atoms with Gasteiger partial charge in [-0.15, -0.1) is 5.10 Å². The molecule has 0 aliphatic carbocycles. The molecule has 1 aliphatic rings. The molecule has 1 aromatic heterocycles. The van der Waals surface area contributed by atoms with Crippen LogP contribution in [0.3, 0.4) is 0 Å².